The Labute approximate surface area is 105 Å². The van der Waals surface area contributed by atoms with Gasteiger partial charge in [0.25, 0.3) is 0 Å². The maximum absolute atomic E-state index is 4.61. The Morgan fingerprint density at radius 1 is 1.18 bits per heavy atom. The lowest BCUT2D eigenvalue weighted by Gasteiger charge is -2.12. The Hall–Kier alpha value is -0.960. The van der Waals surface area contributed by atoms with E-state index in [1.807, 2.05) is 0 Å². The molecule has 1 heterocycles. The summed E-state index contributed by atoms with van der Waals surface area (Å²) in [6.45, 7) is 11.6. The van der Waals surface area contributed by atoms with Gasteiger partial charge >= 0.3 is 0 Å². The fourth-order valence-electron chi connectivity index (χ4n) is 1.63. The summed E-state index contributed by atoms with van der Waals surface area (Å²) in [6.07, 6.45) is 2.17. The molecule has 17 heavy (non-hydrogen) atoms. The first-order valence-electron chi connectivity index (χ1n) is 6.63. The minimum atomic E-state index is 0.464. The quantitative estimate of drug-likeness (QED) is 0.823. The first-order valence-corrected chi connectivity index (χ1v) is 6.63. The van der Waals surface area contributed by atoms with E-state index in [0.717, 1.165) is 30.9 Å². The van der Waals surface area contributed by atoms with Crippen LogP contribution in [0.15, 0.2) is 6.07 Å². The predicted octanol–water partition coefficient (Wildman–Crippen LogP) is 3.05. The van der Waals surface area contributed by atoms with Crippen molar-refractivity contribution in [3.8, 4) is 0 Å². The number of rotatable bonds is 6. The number of hydrogen-bond donors (Lipinski definition) is 1. The molecule has 1 N–H and O–H groups in total. The van der Waals surface area contributed by atoms with Crippen LogP contribution in [0.3, 0.4) is 0 Å². The number of hydrogen-bond acceptors (Lipinski definition) is 3. The molecule has 0 atom stereocenters. The second-order valence-electron chi connectivity index (χ2n) is 5.14. The zero-order valence-electron chi connectivity index (χ0n) is 11.7. The number of nitrogens with zero attached hydrogens (tertiary/aromatic N) is 2. The number of aromatic nitrogens is 2. The third-order valence-electron chi connectivity index (χ3n) is 2.61. The molecule has 0 amide bonds. The topological polar surface area (TPSA) is 37.8 Å². The standard InChI is InChI=1S/C14H25N3/c1-6-7-12-8-13(10(2)3)17-14(16-12)9-15-11(4)5/h8,10-11,15H,6-7,9H2,1-5H3. The molecule has 3 nitrogen and oxygen atoms in total. The van der Waals surface area contributed by atoms with Gasteiger partial charge in [-0.15, -0.1) is 0 Å². The van der Waals surface area contributed by atoms with Crippen molar-refractivity contribution in [1.29, 1.82) is 0 Å². The van der Waals surface area contributed by atoms with Gasteiger partial charge in [-0.3, -0.25) is 0 Å². The summed E-state index contributed by atoms with van der Waals surface area (Å²) < 4.78 is 0. The van der Waals surface area contributed by atoms with Crippen LogP contribution in [0.2, 0.25) is 0 Å². The van der Waals surface area contributed by atoms with Crippen molar-refractivity contribution in [1.82, 2.24) is 15.3 Å². The second-order valence-corrected chi connectivity index (χ2v) is 5.14. The molecule has 0 saturated carbocycles. The monoisotopic (exact) mass is 235 g/mol. The first-order chi connectivity index (χ1) is 8.02. The molecule has 0 unspecified atom stereocenters. The molecule has 1 aromatic heterocycles. The largest absolute Gasteiger partial charge is 0.308 e. The lowest BCUT2D eigenvalue weighted by Crippen LogP contribution is -2.23. The molecule has 96 valence electrons. The van der Waals surface area contributed by atoms with Crippen LogP contribution in [0.4, 0.5) is 0 Å². The molecular formula is C14H25N3. The molecule has 0 spiro atoms. The minimum absolute atomic E-state index is 0.464. The van der Waals surface area contributed by atoms with E-state index in [4.69, 9.17) is 0 Å². The molecule has 0 saturated heterocycles. The van der Waals surface area contributed by atoms with Crippen LogP contribution >= 0.6 is 0 Å². The maximum Gasteiger partial charge on any atom is 0.142 e. The van der Waals surface area contributed by atoms with Crippen LogP contribution in [0.25, 0.3) is 0 Å². The highest BCUT2D eigenvalue weighted by Crippen LogP contribution is 2.13. The first kappa shape index (κ1) is 14.1. The van der Waals surface area contributed by atoms with Gasteiger partial charge in [-0.2, -0.15) is 0 Å². The van der Waals surface area contributed by atoms with Crippen molar-refractivity contribution in [2.24, 2.45) is 0 Å². The van der Waals surface area contributed by atoms with Crippen LogP contribution < -0.4 is 5.32 Å². The lowest BCUT2D eigenvalue weighted by atomic mass is 10.1. The Morgan fingerprint density at radius 2 is 1.88 bits per heavy atom. The molecule has 0 fully saturated rings. The molecular weight excluding hydrogens is 210 g/mol. The smallest absolute Gasteiger partial charge is 0.142 e. The summed E-state index contributed by atoms with van der Waals surface area (Å²) >= 11 is 0. The molecule has 0 aliphatic carbocycles. The van der Waals surface area contributed by atoms with Gasteiger partial charge < -0.3 is 5.32 Å². The fraction of sp³-hybridized carbons (Fsp3) is 0.714. The zero-order valence-corrected chi connectivity index (χ0v) is 11.7. The Bertz CT molecular complexity index is 345. The Morgan fingerprint density at radius 3 is 2.41 bits per heavy atom. The van der Waals surface area contributed by atoms with Crippen LogP contribution in [0, 0.1) is 0 Å². The highest BCUT2D eigenvalue weighted by Gasteiger charge is 2.07. The van der Waals surface area contributed by atoms with Gasteiger partial charge in [0.1, 0.15) is 5.82 Å². The van der Waals surface area contributed by atoms with Crippen LogP contribution in [-0.4, -0.2) is 16.0 Å². The van der Waals surface area contributed by atoms with Gasteiger partial charge in [-0.1, -0.05) is 41.0 Å². The average Bonchev–Trinajstić information content (AvgIpc) is 2.26. The highest BCUT2D eigenvalue weighted by atomic mass is 15.0. The summed E-state index contributed by atoms with van der Waals surface area (Å²) in [5.41, 5.74) is 2.33. The van der Waals surface area contributed by atoms with Crippen molar-refractivity contribution in [3.63, 3.8) is 0 Å². The van der Waals surface area contributed by atoms with E-state index in [-0.39, 0.29) is 0 Å². The molecule has 3 heteroatoms. The third kappa shape index (κ3) is 4.82. The van der Waals surface area contributed by atoms with Crippen LogP contribution in [0.1, 0.15) is 64.2 Å². The highest BCUT2D eigenvalue weighted by molar-refractivity contribution is 5.14. The number of nitrogens with one attached hydrogen (secondary N) is 1. The summed E-state index contributed by atoms with van der Waals surface area (Å²) in [4.78, 5) is 9.22. The van der Waals surface area contributed by atoms with Gasteiger partial charge in [0.05, 0.1) is 6.54 Å². The van der Waals surface area contributed by atoms with E-state index < -0.39 is 0 Å². The second kappa shape index (κ2) is 6.70. The fourth-order valence-corrected chi connectivity index (χ4v) is 1.63. The zero-order chi connectivity index (χ0) is 12.8. The molecule has 0 bridgehead atoms. The lowest BCUT2D eigenvalue weighted by molar-refractivity contribution is 0.566. The van der Waals surface area contributed by atoms with E-state index in [1.165, 1.54) is 5.69 Å². The van der Waals surface area contributed by atoms with Gasteiger partial charge in [0, 0.05) is 17.4 Å². The van der Waals surface area contributed by atoms with E-state index in [0.29, 0.717) is 12.0 Å². The van der Waals surface area contributed by atoms with E-state index in [2.05, 4.69) is 56.0 Å². The summed E-state index contributed by atoms with van der Waals surface area (Å²) in [5, 5.41) is 3.37. The minimum Gasteiger partial charge on any atom is -0.308 e. The molecule has 0 radical (unpaired) electrons. The van der Waals surface area contributed by atoms with Gasteiger partial charge in [-0.05, 0) is 18.4 Å². The third-order valence-corrected chi connectivity index (χ3v) is 2.61. The van der Waals surface area contributed by atoms with Crippen molar-refractivity contribution in [2.45, 2.75) is 66.0 Å². The molecule has 1 aromatic rings. The normalized spacial score (nSPS) is 11.5. The summed E-state index contributed by atoms with van der Waals surface area (Å²) in [5.74, 6) is 1.39. The average molecular weight is 235 g/mol. The Balaban J connectivity index is 2.87. The van der Waals surface area contributed by atoms with Crippen molar-refractivity contribution >= 4 is 0 Å². The molecule has 0 aromatic carbocycles. The summed E-state index contributed by atoms with van der Waals surface area (Å²) in [6, 6.07) is 2.61. The van der Waals surface area contributed by atoms with Gasteiger partial charge in [-0.25, -0.2) is 9.97 Å². The van der Waals surface area contributed by atoms with Crippen molar-refractivity contribution in [3.05, 3.63) is 23.3 Å². The van der Waals surface area contributed by atoms with Gasteiger partial charge in [0.15, 0.2) is 0 Å². The van der Waals surface area contributed by atoms with E-state index in [9.17, 15) is 0 Å². The van der Waals surface area contributed by atoms with Crippen LogP contribution in [0.5, 0.6) is 0 Å². The van der Waals surface area contributed by atoms with E-state index >= 15 is 0 Å². The summed E-state index contributed by atoms with van der Waals surface area (Å²) in [7, 11) is 0. The molecule has 1 rings (SSSR count). The molecule has 0 aliphatic heterocycles. The van der Waals surface area contributed by atoms with Gasteiger partial charge in [0.2, 0.25) is 0 Å². The Kier molecular flexibility index (Phi) is 5.56. The van der Waals surface area contributed by atoms with Crippen molar-refractivity contribution < 1.29 is 0 Å². The van der Waals surface area contributed by atoms with Crippen LogP contribution in [-0.2, 0) is 13.0 Å². The number of aryl methyl sites for hydroxylation is 1. The SMILES string of the molecule is CCCc1cc(C(C)C)nc(CNC(C)C)n1. The van der Waals surface area contributed by atoms with Crippen molar-refractivity contribution in [2.75, 3.05) is 0 Å². The van der Waals surface area contributed by atoms with E-state index in [1.54, 1.807) is 0 Å². The predicted molar refractivity (Wildman–Crippen MR) is 72.1 cm³/mol. The maximum atomic E-state index is 4.61. The molecule has 0 aliphatic rings.